The predicted molar refractivity (Wildman–Crippen MR) is 74.2 cm³/mol. The average Bonchev–Trinajstić information content (AvgIpc) is 2.47. The minimum absolute atomic E-state index is 0.268. The van der Waals surface area contributed by atoms with E-state index < -0.39 is 5.06 Å². The van der Waals surface area contributed by atoms with E-state index in [4.69, 9.17) is 22.2 Å². The van der Waals surface area contributed by atoms with Gasteiger partial charge in [0.2, 0.25) is 0 Å². The lowest BCUT2D eigenvalue weighted by atomic mass is 10.1. The number of hydrazine groups is 1. The van der Waals surface area contributed by atoms with Gasteiger partial charge in [0.05, 0.1) is 5.70 Å². The molecule has 2 N–H and O–H groups in total. The molecule has 100 valence electrons. The molecule has 1 atom stereocenters. The molecule has 19 heavy (non-hydrogen) atoms. The summed E-state index contributed by atoms with van der Waals surface area (Å²) in [6.45, 7) is 0. The zero-order chi connectivity index (χ0) is 13.9. The monoisotopic (exact) mass is 278 g/mol. The van der Waals surface area contributed by atoms with Gasteiger partial charge in [-0.15, -0.1) is 0 Å². The van der Waals surface area contributed by atoms with Crippen LogP contribution in [0.5, 0.6) is 0 Å². The Hall–Kier alpha value is -1.62. The van der Waals surface area contributed by atoms with Crippen LogP contribution in [0.1, 0.15) is 16.8 Å². The standard InChI is InChI=1S/C14H15ClN2O2/c1-19-14(15)9-7-12(8-10-14)17(16)13(18)11-5-3-2-4-6-11/h2-9H,10,16H2,1H3. The number of halogens is 1. The molecule has 4 nitrogen and oxygen atoms in total. The Morgan fingerprint density at radius 3 is 2.63 bits per heavy atom. The summed E-state index contributed by atoms with van der Waals surface area (Å²) in [5, 5.41) is 0.262. The zero-order valence-corrected chi connectivity index (χ0v) is 11.3. The molecule has 0 aliphatic heterocycles. The van der Waals surface area contributed by atoms with Crippen molar-refractivity contribution in [2.45, 2.75) is 11.5 Å². The zero-order valence-electron chi connectivity index (χ0n) is 10.5. The third-order valence-electron chi connectivity index (χ3n) is 2.95. The predicted octanol–water partition coefficient (Wildman–Crippen LogP) is 2.43. The van der Waals surface area contributed by atoms with Crippen LogP contribution in [0.3, 0.4) is 0 Å². The number of amides is 1. The highest BCUT2D eigenvalue weighted by atomic mass is 35.5. The molecule has 0 spiro atoms. The maximum Gasteiger partial charge on any atom is 0.272 e. The van der Waals surface area contributed by atoms with Crippen molar-refractivity contribution in [2.75, 3.05) is 7.11 Å². The quantitative estimate of drug-likeness (QED) is 0.400. The molecule has 0 bridgehead atoms. The van der Waals surface area contributed by atoms with E-state index in [0.29, 0.717) is 17.7 Å². The van der Waals surface area contributed by atoms with Gasteiger partial charge in [-0.1, -0.05) is 35.9 Å². The second-order valence-corrected chi connectivity index (χ2v) is 4.84. The highest BCUT2D eigenvalue weighted by Crippen LogP contribution is 2.29. The summed E-state index contributed by atoms with van der Waals surface area (Å²) in [5.41, 5.74) is 1.14. The third kappa shape index (κ3) is 3.04. The first-order chi connectivity index (χ1) is 9.06. The normalized spacial score (nSPS) is 21.9. The number of benzene rings is 1. The number of methoxy groups -OCH3 is 1. The van der Waals surface area contributed by atoms with Crippen molar-refractivity contribution < 1.29 is 9.53 Å². The molecule has 1 aromatic rings. The largest absolute Gasteiger partial charge is 0.359 e. The second kappa shape index (κ2) is 5.57. The minimum Gasteiger partial charge on any atom is -0.359 e. The Morgan fingerprint density at radius 2 is 2.11 bits per heavy atom. The number of allylic oxidation sites excluding steroid dienone is 1. The van der Waals surface area contributed by atoms with Crippen LogP contribution < -0.4 is 5.84 Å². The minimum atomic E-state index is -0.847. The van der Waals surface area contributed by atoms with E-state index >= 15 is 0 Å². The van der Waals surface area contributed by atoms with Crippen molar-refractivity contribution >= 4 is 17.5 Å². The van der Waals surface area contributed by atoms with Gasteiger partial charge in [0, 0.05) is 19.1 Å². The van der Waals surface area contributed by atoms with Gasteiger partial charge in [0.15, 0.2) is 5.06 Å². The Balaban J connectivity index is 2.12. The molecule has 0 radical (unpaired) electrons. The number of carbonyl (C=O) groups is 1. The molecule has 2 rings (SSSR count). The van der Waals surface area contributed by atoms with Gasteiger partial charge in [-0.05, 0) is 24.3 Å². The van der Waals surface area contributed by atoms with Gasteiger partial charge in [0.25, 0.3) is 5.91 Å². The number of ether oxygens (including phenoxy) is 1. The fourth-order valence-corrected chi connectivity index (χ4v) is 1.90. The Kier molecular flexibility index (Phi) is 4.04. The Morgan fingerprint density at radius 1 is 1.42 bits per heavy atom. The molecule has 1 unspecified atom stereocenters. The van der Waals surface area contributed by atoms with Crippen LogP contribution in [0.25, 0.3) is 0 Å². The smallest absolute Gasteiger partial charge is 0.272 e. The highest BCUT2D eigenvalue weighted by Gasteiger charge is 2.26. The van der Waals surface area contributed by atoms with E-state index in [-0.39, 0.29) is 5.91 Å². The maximum absolute atomic E-state index is 12.1. The van der Waals surface area contributed by atoms with Crippen molar-refractivity contribution in [1.82, 2.24) is 5.01 Å². The summed E-state index contributed by atoms with van der Waals surface area (Å²) in [5.74, 6) is 5.57. The van der Waals surface area contributed by atoms with Crippen LogP contribution in [0.4, 0.5) is 0 Å². The molecule has 1 amide bonds. The molecule has 0 saturated heterocycles. The van der Waals surface area contributed by atoms with Crippen molar-refractivity contribution in [3.05, 3.63) is 59.8 Å². The van der Waals surface area contributed by atoms with E-state index in [2.05, 4.69) is 0 Å². The van der Waals surface area contributed by atoms with Crippen molar-refractivity contribution in [3.63, 3.8) is 0 Å². The number of nitrogens with zero attached hydrogens (tertiary/aromatic N) is 1. The summed E-state index contributed by atoms with van der Waals surface area (Å²) < 4.78 is 5.14. The van der Waals surface area contributed by atoms with Crippen molar-refractivity contribution in [1.29, 1.82) is 0 Å². The summed E-state index contributed by atoms with van der Waals surface area (Å²) in [6, 6.07) is 8.87. The van der Waals surface area contributed by atoms with Gasteiger partial charge in [-0.25, -0.2) is 10.9 Å². The van der Waals surface area contributed by atoms with E-state index in [1.807, 2.05) is 6.07 Å². The second-order valence-electron chi connectivity index (χ2n) is 4.20. The lowest BCUT2D eigenvalue weighted by molar-refractivity contribution is 0.0799. The number of hydrogen-bond acceptors (Lipinski definition) is 3. The van der Waals surface area contributed by atoms with Gasteiger partial charge in [-0.3, -0.25) is 4.79 Å². The molecule has 0 saturated carbocycles. The van der Waals surface area contributed by atoms with Gasteiger partial charge >= 0.3 is 0 Å². The van der Waals surface area contributed by atoms with Crippen LogP contribution in [-0.2, 0) is 4.74 Å². The first-order valence-corrected chi connectivity index (χ1v) is 6.21. The fraction of sp³-hybridized carbons (Fsp3) is 0.214. The fourth-order valence-electron chi connectivity index (χ4n) is 1.76. The molecule has 1 aromatic carbocycles. The van der Waals surface area contributed by atoms with Crippen molar-refractivity contribution in [3.8, 4) is 0 Å². The van der Waals surface area contributed by atoms with E-state index in [1.54, 1.807) is 42.5 Å². The van der Waals surface area contributed by atoms with Crippen LogP contribution in [0, 0.1) is 0 Å². The van der Waals surface area contributed by atoms with Gasteiger partial charge in [0.1, 0.15) is 0 Å². The summed E-state index contributed by atoms with van der Waals surface area (Å²) in [4.78, 5) is 12.1. The van der Waals surface area contributed by atoms with Crippen LogP contribution in [0.2, 0.25) is 0 Å². The lowest BCUT2D eigenvalue weighted by Crippen LogP contribution is -2.37. The molecule has 1 aliphatic rings. The van der Waals surface area contributed by atoms with Crippen LogP contribution in [0.15, 0.2) is 54.3 Å². The number of alkyl halides is 1. The topological polar surface area (TPSA) is 55.6 Å². The molecular weight excluding hydrogens is 264 g/mol. The number of rotatable bonds is 3. The SMILES string of the molecule is COC1(Cl)C=CC(N(N)C(=O)c2ccccc2)=CC1. The maximum atomic E-state index is 12.1. The molecular formula is C14H15ClN2O2. The average molecular weight is 279 g/mol. The van der Waals surface area contributed by atoms with E-state index in [0.717, 1.165) is 5.01 Å². The number of nitrogens with two attached hydrogens (primary N) is 1. The van der Waals surface area contributed by atoms with Crippen LogP contribution >= 0.6 is 11.6 Å². The summed E-state index contributed by atoms with van der Waals surface area (Å²) in [6.07, 6.45) is 5.59. The molecule has 0 heterocycles. The number of hydrogen-bond donors (Lipinski definition) is 1. The first kappa shape index (κ1) is 13.8. The summed E-state index contributed by atoms with van der Waals surface area (Å²) >= 11 is 6.13. The Bertz CT molecular complexity index is 528. The third-order valence-corrected chi connectivity index (χ3v) is 3.38. The van der Waals surface area contributed by atoms with E-state index in [9.17, 15) is 4.79 Å². The first-order valence-electron chi connectivity index (χ1n) is 5.83. The van der Waals surface area contributed by atoms with E-state index in [1.165, 1.54) is 7.11 Å². The summed E-state index contributed by atoms with van der Waals surface area (Å²) in [7, 11) is 1.53. The van der Waals surface area contributed by atoms with Crippen LogP contribution in [-0.4, -0.2) is 23.1 Å². The molecule has 1 aliphatic carbocycles. The lowest BCUT2D eigenvalue weighted by Gasteiger charge is -2.26. The van der Waals surface area contributed by atoms with Crippen molar-refractivity contribution in [2.24, 2.45) is 5.84 Å². The van der Waals surface area contributed by atoms with Gasteiger partial charge in [-0.2, -0.15) is 0 Å². The van der Waals surface area contributed by atoms with Gasteiger partial charge < -0.3 is 4.74 Å². The highest BCUT2D eigenvalue weighted by molar-refractivity contribution is 6.24. The number of carbonyl (C=O) groups excluding carboxylic acids is 1. The molecule has 0 aromatic heterocycles. The molecule has 0 fully saturated rings. The molecule has 5 heteroatoms. The Labute approximate surface area is 117 Å².